The molecule has 0 saturated heterocycles. The van der Waals surface area contributed by atoms with Gasteiger partial charge in [-0.1, -0.05) is 13.0 Å². The van der Waals surface area contributed by atoms with E-state index >= 15 is 0 Å². The third-order valence-electron chi connectivity index (χ3n) is 2.78. The summed E-state index contributed by atoms with van der Waals surface area (Å²) < 4.78 is 1.52. The molecule has 0 bridgehead atoms. The maximum absolute atomic E-state index is 12.2. The summed E-state index contributed by atoms with van der Waals surface area (Å²) in [5.74, 6) is 0. The van der Waals surface area contributed by atoms with Gasteiger partial charge in [0.05, 0.1) is 5.69 Å². The molecule has 0 radical (unpaired) electrons. The van der Waals surface area contributed by atoms with E-state index in [1.54, 1.807) is 6.20 Å². The van der Waals surface area contributed by atoms with Crippen molar-refractivity contribution in [2.45, 2.75) is 26.4 Å². The van der Waals surface area contributed by atoms with Gasteiger partial charge in [-0.3, -0.25) is 9.78 Å². The zero-order chi connectivity index (χ0) is 13.7. The average Bonchev–Trinajstić information content (AvgIpc) is 2.44. The van der Waals surface area contributed by atoms with Gasteiger partial charge in [-0.2, -0.15) is 5.10 Å². The van der Waals surface area contributed by atoms with Crippen LogP contribution in [-0.4, -0.2) is 21.8 Å². The van der Waals surface area contributed by atoms with Gasteiger partial charge < -0.3 is 5.32 Å². The van der Waals surface area contributed by atoms with E-state index in [1.165, 1.54) is 4.68 Å². The molecule has 0 saturated carbocycles. The highest BCUT2D eigenvalue weighted by Crippen LogP contribution is 2.13. The Morgan fingerprint density at radius 2 is 2.16 bits per heavy atom. The molecule has 2 rings (SSSR count). The molecular formula is C14H18N4O. The number of hydrogen-bond acceptors (Lipinski definition) is 4. The first kappa shape index (κ1) is 13.4. The summed E-state index contributed by atoms with van der Waals surface area (Å²) in [6.45, 7) is 3.18. The Morgan fingerprint density at radius 3 is 2.79 bits per heavy atom. The number of pyridine rings is 1. The molecular weight excluding hydrogens is 240 g/mol. The van der Waals surface area contributed by atoms with Crippen LogP contribution in [0.5, 0.6) is 0 Å². The molecule has 19 heavy (non-hydrogen) atoms. The molecule has 5 nitrogen and oxygen atoms in total. The molecule has 100 valence electrons. The van der Waals surface area contributed by atoms with Crippen LogP contribution in [0.1, 0.15) is 18.9 Å². The van der Waals surface area contributed by atoms with Crippen LogP contribution in [0, 0.1) is 0 Å². The normalized spacial score (nSPS) is 10.6. The van der Waals surface area contributed by atoms with E-state index in [0.717, 1.165) is 17.8 Å². The number of hydrogen-bond donors (Lipinski definition) is 1. The summed E-state index contributed by atoms with van der Waals surface area (Å²) in [5.41, 5.74) is 2.20. The molecule has 0 unspecified atom stereocenters. The topological polar surface area (TPSA) is 59.8 Å². The lowest BCUT2D eigenvalue weighted by molar-refractivity contribution is 0.561. The van der Waals surface area contributed by atoms with E-state index in [1.807, 2.05) is 38.2 Å². The van der Waals surface area contributed by atoms with Gasteiger partial charge in [0.2, 0.25) is 0 Å². The van der Waals surface area contributed by atoms with Crippen molar-refractivity contribution in [1.29, 1.82) is 0 Å². The first-order chi connectivity index (χ1) is 9.26. The van der Waals surface area contributed by atoms with Crippen molar-refractivity contribution in [3.8, 4) is 11.4 Å². The summed E-state index contributed by atoms with van der Waals surface area (Å²) in [6.07, 6.45) is 2.60. The second kappa shape index (κ2) is 6.24. The van der Waals surface area contributed by atoms with Gasteiger partial charge in [0.15, 0.2) is 0 Å². The molecule has 2 aromatic heterocycles. The van der Waals surface area contributed by atoms with Crippen molar-refractivity contribution in [2.24, 2.45) is 0 Å². The summed E-state index contributed by atoms with van der Waals surface area (Å²) >= 11 is 0. The monoisotopic (exact) mass is 258 g/mol. The van der Waals surface area contributed by atoms with Gasteiger partial charge in [-0.25, -0.2) is 4.68 Å². The minimum atomic E-state index is -0.0316. The highest BCUT2D eigenvalue weighted by molar-refractivity contribution is 5.53. The van der Waals surface area contributed by atoms with Crippen molar-refractivity contribution in [3.05, 3.63) is 46.4 Å². The Hall–Kier alpha value is -2.01. The van der Waals surface area contributed by atoms with Gasteiger partial charge in [0, 0.05) is 24.8 Å². The lowest BCUT2D eigenvalue weighted by Gasteiger charge is -2.09. The number of nitrogens with zero attached hydrogens (tertiary/aromatic N) is 3. The second-order valence-corrected chi connectivity index (χ2v) is 4.33. The first-order valence-electron chi connectivity index (χ1n) is 6.43. The fourth-order valence-corrected chi connectivity index (χ4v) is 1.92. The highest BCUT2D eigenvalue weighted by atomic mass is 16.1. The van der Waals surface area contributed by atoms with Crippen molar-refractivity contribution < 1.29 is 0 Å². The van der Waals surface area contributed by atoms with Gasteiger partial charge >= 0.3 is 0 Å². The summed E-state index contributed by atoms with van der Waals surface area (Å²) in [4.78, 5) is 16.5. The van der Waals surface area contributed by atoms with E-state index < -0.39 is 0 Å². The molecule has 0 aliphatic carbocycles. The van der Waals surface area contributed by atoms with Crippen LogP contribution in [-0.2, 0) is 13.1 Å². The average molecular weight is 258 g/mol. The van der Waals surface area contributed by atoms with Crippen LogP contribution in [0.15, 0.2) is 35.3 Å². The lowest BCUT2D eigenvalue weighted by atomic mass is 10.2. The second-order valence-electron chi connectivity index (χ2n) is 4.33. The van der Waals surface area contributed by atoms with Crippen molar-refractivity contribution in [2.75, 3.05) is 7.05 Å². The maximum Gasteiger partial charge on any atom is 0.271 e. The van der Waals surface area contributed by atoms with Crippen LogP contribution in [0.25, 0.3) is 11.4 Å². The summed E-state index contributed by atoms with van der Waals surface area (Å²) in [5, 5.41) is 7.40. The Kier molecular flexibility index (Phi) is 4.41. The van der Waals surface area contributed by atoms with Crippen molar-refractivity contribution >= 4 is 0 Å². The molecule has 0 atom stereocenters. The Morgan fingerprint density at radius 1 is 1.32 bits per heavy atom. The lowest BCUT2D eigenvalue weighted by Crippen LogP contribution is -2.28. The van der Waals surface area contributed by atoms with Crippen LogP contribution in [0.4, 0.5) is 0 Å². The first-order valence-corrected chi connectivity index (χ1v) is 6.43. The molecule has 2 heterocycles. The van der Waals surface area contributed by atoms with Gasteiger partial charge in [-0.05, 0) is 31.7 Å². The number of rotatable bonds is 5. The smallest absolute Gasteiger partial charge is 0.271 e. The zero-order valence-electron chi connectivity index (χ0n) is 11.3. The quantitative estimate of drug-likeness (QED) is 0.881. The Labute approximate surface area is 112 Å². The maximum atomic E-state index is 12.2. The third kappa shape index (κ3) is 3.06. The number of aromatic nitrogens is 3. The Bertz CT molecular complexity index is 562. The molecule has 0 fully saturated rings. The van der Waals surface area contributed by atoms with E-state index in [9.17, 15) is 4.79 Å². The minimum Gasteiger partial charge on any atom is -0.315 e. The van der Waals surface area contributed by atoms with Gasteiger partial charge in [0.1, 0.15) is 5.69 Å². The molecule has 0 aliphatic heterocycles. The van der Waals surface area contributed by atoms with E-state index in [0.29, 0.717) is 18.7 Å². The van der Waals surface area contributed by atoms with E-state index in [4.69, 9.17) is 0 Å². The Balaban J connectivity index is 2.53. The fraction of sp³-hybridized carbons (Fsp3) is 0.357. The summed E-state index contributed by atoms with van der Waals surface area (Å²) in [7, 11) is 1.82. The molecule has 0 spiro atoms. The largest absolute Gasteiger partial charge is 0.315 e. The van der Waals surface area contributed by atoms with Crippen molar-refractivity contribution in [1.82, 2.24) is 20.1 Å². The molecule has 0 aromatic carbocycles. The number of nitrogens with one attached hydrogen (secondary N) is 1. The molecule has 0 aliphatic rings. The van der Waals surface area contributed by atoms with Gasteiger partial charge in [-0.15, -0.1) is 0 Å². The fourth-order valence-electron chi connectivity index (χ4n) is 1.92. The van der Waals surface area contributed by atoms with E-state index in [-0.39, 0.29) is 5.56 Å². The predicted molar refractivity (Wildman–Crippen MR) is 74.8 cm³/mol. The minimum absolute atomic E-state index is 0.0316. The van der Waals surface area contributed by atoms with Crippen LogP contribution in [0.3, 0.4) is 0 Å². The SMILES string of the molecule is CCCn1nc(-c2ccccn2)cc(CNC)c1=O. The van der Waals surface area contributed by atoms with Crippen LogP contribution in [0.2, 0.25) is 0 Å². The third-order valence-corrected chi connectivity index (χ3v) is 2.78. The molecule has 1 N–H and O–H groups in total. The molecule has 0 amide bonds. The number of aryl methyl sites for hydroxylation is 1. The summed E-state index contributed by atoms with van der Waals surface area (Å²) in [6, 6.07) is 7.48. The van der Waals surface area contributed by atoms with E-state index in [2.05, 4.69) is 15.4 Å². The molecule has 5 heteroatoms. The predicted octanol–water partition coefficient (Wildman–Crippen LogP) is 1.43. The van der Waals surface area contributed by atoms with Crippen LogP contribution < -0.4 is 10.9 Å². The molecule has 2 aromatic rings. The van der Waals surface area contributed by atoms with Crippen molar-refractivity contribution in [3.63, 3.8) is 0 Å². The van der Waals surface area contributed by atoms with Gasteiger partial charge in [0.25, 0.3) is 5.56 Å². The zero-order valence-corrected chi connectivity index (χ0v) is 11.3. The van der Waals surface area contributed by atoms with Crippen LogP contribution >= 0.6 is 0 Å². The highest BCUT2D eigenvalue weighted by Gasteiger charge is 2.09. The standard InChI is InChI=1S/C14H18N4O/c1-3-8-18-14(19)11(10-15-2)9-13(17-18)12-6-4-5-7-16-12/h4-7,9,15H,3,8,10H2,1-2H3.